The third-order valence-corrected chi connectivity index (χ3v) is 15.8. The predicted octanol–water partition coefficient (Wildman–Crippen LogP) is 16.5. The first kappa shape index (κ1) is 35.4. The van der Waals surface area contributed by atoms with Crippen LogP contribution in [0.25, 0.3) is 114 Å². The van der Waals surface area contributed by atoms with Crippen LogP contribution < -0.4 is 0 Å². The molecule has 0 saturated carbocycles. The van der Waals surface area contributed by atoms with Crippen molar-refractivity contribution >= 4 is 75.0 Å². The number of para-hydroxylation sites is 3. The molecule has 0 bridgehead atoms. The number of rotatable bonds is 3. The van der Waals surface area contributed by atoms with E-state index < -0.39 is 5.41 Å². The van der Waals surface area contributed by atoms with Gasteiger partial charge in [-0.25, -0.2) is 4.98 Å². The first-order chi connectivity index (χ1) is 32.3. The van der Waals surface area contributed by atoms with E-state index in [-0.39, 0.29) is 0 Å². The van der Waals surface area contributed by atoms with Gasteiger partial charge in [-0.2, -0.15) is 0 Å². The minimum absolute atomic E-state index is 0.440. The molecule has 13 aromatic rings. The highest BCUT2D eigenvalue weighted by Gasteiger charge is 2.52. The lowest BCUT2D eigenvalue weighted by Crippen LogP contribution is -2.25. The molecule has 0 fully saturated rings. The van der Waals surface area contributed by atoms with Crippen molar-refractivity contribution in [2.24, 2.45) is 0 Å². The molecule has 2 nitrogen and oxygen atoms in total. The summed E-state index contributed by atoms with van der Waals surface area (Å²) in [5.74, 6) is 0. The zero-order valence-corrected chi connectivity index (χ0v) is 35.9. The monoisotopic (exact) mass is 840 g/mol. The Morgan fingerprint density at radius 3 is 1.68 bits per heavy atom. The first-order valence-corrected chi connectivity index (χ1v) is 23.3. The van der Waals surface area contributed by atoms with E-state index in [4.69, 9.17) is 4.98 Å². The number of hydrogen-bond donors (Lipinski definition) is 0. The molecule has 0 aliphatic heterocycles. The third kappa shape index (κ3) is 4.60. The summed E-state index contributed by atoms with van der Waals surface area (Å²) < 4.78 is 5.06. The van der Waals surface area contributed by atoms with Crippen LogP contribution in [0, 0.1) is 0 Å². The van der Waals surface area contributed by atoms with Gasteiger partial charge in [-0.3, -0.25) is 0 Å². The highest BCUT2D eigenvalue weighted by atomic mass is 32.1. The van der Waals surface area contributed by atoms with Crippen molar-refractivity contribution in [3.05, 3.63) is 241 Å². The SMILES string of the molecule is c1ccc2c(c1)-c1ccccc1C21c2ccccc2-c2c1ccc1c(-c3cc(-c4cccc5c4sc4ccccc45)cc(-n4c5ccccc5c5ccccc54)c3)nc3ccccc3c21. The predicted molar refractivity (Wildman–Crippen MR) is 274 cm³/mol. The summed E-state index contributed by atoms with van der Waals surface area (Å²) in [6, 6.07) is 81.4. The van der Waals surface area contributed by atoms with Gasteiger partial charge in [-0.15, -0.1) is 11.3 Å². The van der Waals surface area contributed by atoms with Gasteiger partial charge < -0.3 is 4.57 Å². The summed E-state index contributed by atoms with van der Waals surface area (Å²) in [4.78, 5) is 5.69. The Kier molecular flexibility index (Phi) is 7.06. The Labute approximate surface area is 378 Å². The number of benzene rings is 10. The number of fused-ring (bicyclic) bond motifs is 20. The van der Waals surface area contributed by atoms with Crippen LogP contribution in [0.5, 0.6) is 0 Å². The Hall–Kier alpha value is -8.11. The van der Waals surface area contributed by atoms with Crippen LogP contribution in [0.1, 0.15) is 22.3 Å². The van der Waals surface area contributed by atoms with Crippen molar-refractivity contribution in [1.82, 2.24) is 9.55 Å². The second-order valence-corrected chi connectivity index (χ2v) is 18.7. The minimum Gasteiger partial charge on any atom is -0.309 e. The van der Waals surface area contributed by atoms with Crippen LogP contribution in [0.3, 0.4) is 0 Å². The maximum atomic E-state index is 5.69. The molecule has 0 saturated heterocycles. The molecule has 3 heteroatoms. The van der Waals surface area contributed by atoms with Gasteiger partial charge >= 0.3 is 0 Å². The maximum absolute atomic E-state index is 5.69. The normalized spacial score (nSPS) is 13.4. The number of nitrogens with zero attached hydrogens (tertiary/aromatic N) is 2. The van der Waals surface area contributed by atoms with E-state index in [2.05, 4.69) is 223 Å². The number of thiophene rings is 1. The Balaban J connectivity index is 1.07. The van der Waals surface area contributed by atoms with E-state index in [1.54, 1.807) is 0 Å². The molecule has 0 unspecified atom stereocenters. The van der Waals surface area contributed by atoms with E-state index in [0.29, 0.717) is 0 Å². The number of hydrogen-bond acceptors (Lipinski definition) is 2. The zero-order valence-electron chi connectivity index (χ0n) is 35.1. The molecule has 0 atom stereocenters. The van der Waals surface area contributed by atoms with Crippen molar-refractivity contribution < 1.29 is 0 Å². The zero-order chi connectivity index (χ0) is 42.4. The van der Waals surface area contributed by atoms with Crippen molar-refractivity contribution in [2.45, 2.75) is 5.41 Å². The standard InChI is InChI=1S/C62H36N2S/c1-8-25-50-41(16-1)42-17-2-9-26-51(42)62(50)52-27-10-3-21-47(52)59-53(62)33-32-49-58(59)48-22-4-11-28-54(48)63-60(49)38-34-37(40-23-15-24-46-45-20-7-14-31-57(45)65-61(40)46)35-39(36-38)64-55-29-12-5-18-43(55)44-19-6-13-30-56(44)64/h1-36H. The van der Waals surface area contributed by atoms with Crippen LogP contribution in [-0.2, 0) is 5.41 Å². The summed E-state index contributed by atoms with van der Waals surface area (Å²) in [7, 11) is 0. The summed E-state index contributed by atoms with van der Waals surface area (Å²) in [6.07, 6.45) is 0. The van der Waals surface area contributed by atoms with Crippen LogP contribution in [0.2, 0.25) is 0 Å². The Morgan fingerprint density at radius 2 is 0.938 bits per heavy atom. The Bertz CT molecular complexity index is 4100. The largest absolute Gasteiger partial charge is 0.309 e. The topological polar surface area (TPSA) is 17.8 Å². The van der Waals surface area contributed by atoms with E-state index in [9.17, 15) is 0 Å². The fraction of sp³-hybridized carbons (Fsp3) is 0.0161. The quantitative estimate of drug-likeness (QED) is 0.162. The van der Waals surface area contributed by atoms with Gasteiger partial charge in [0.25, 0.3) is 0 Å². The molecule has 2 aliphatic rings. The lowest BCUT2D eigenvalue weighted by molar-refractivity contribution is 0.794. The minimum atomic E-state index is -0.440. The highest BCUT2D eigenvalue weighted by molar-refractivity contribution is 7.26. The van der Waals surface area contributed by atoms with Gasteiger partial charge in [-0.1, -0.05) is 176 Å². The van der Waals surface area contributed by atoms with Crippen LogP contribution in [0.15, 0.2) is 218 Å². The van der Waals surface area contributed by atoms with Gasteiger partial charge in [0.1, 0.15) is 0 Å². The lowest BCUT2D eigenvalue weighted by atomic mass is 9.70. The van der Waals surface area contributed by atoms with Gasteiger partial charge in [0.05, 0.1) is 27.7 Å². The molecule has 0 radical (unpaired) electrons. The summed E-state index contributed by atoms with van der Waals surface area (Å²) in [5, 5.41) is 8.66. The molecule has 10 aromatic carbocycles. The fourth-order valence-corrected chi connectivity index (χ4v) is 13.3. The van der Waals surface area contributed by atoms with Crippen molar-refractivity contribution in [1.29, 1.82) is 0 Å². The molecular weight excluding hydrogens is 805 g/mol. The maximum Gasteiger partial charge on any atom is 0.0789 e. The summed E-state index contributed by atoms with van der Waals surface area (Å²) in [5.41, 5.74) is 19.1. The van der Waals surface area contributed by atoms with Crippen molar-refractivity contribution in [3.8, 4) is 50.3 Å². The molecule has 2 aliphatic carbocycles. The van der Waals surface area contributed by atoms with E-state index in [1.165, 1.54) is 108 Å². The summed E-state index contributed by atoms with van der Waals surface area (Å²) in [6.45, 7) is 0. The van der Waals surface area contributed by atoms with Crippen LogP contribution in [0.4, 0.5) is 0 Å². The molecule has 65 heavy (non-hydrogen) atoms. The van der Waals surface area contributed by atoms with Gasteiger partial charge in [0.15, 0.2) is 0 Å². The molecule has 0 amide bonds. The first-order valence-electron chi connectivity index (χ1n) is 22.5. The van der Waals surface area contributed by atoms with Crippen molar-refractivity contribution in [3.63, 3.8) is 0 Å². The number of pyridine rings is 1. The third-order valence-electron chi connectivity index (χ3n) is 14.6. The average molecular weight is 841 g/mol. The molecular formula is C62H36N2S. The summed E-state index contributed by atoms with van der Waals surface area (Å²) >= 11 is 1.88. The molecule has 1 spiro atoms. The van der Waals surface area contributed by atoms with Crippen molar-refractivity contribution in [2.75, 3.05) is 0 Å². The molecule has 3 heterocycles. The van der Waals surface area contributed by atoms with E-state index in [1.807, 2.05) is 11.3 Å². The molecule has 3 aromatic heterocycles. The van der Waals surface area contributed by atoms with Crippen LogP contribution >= 0.6 is 11.3 Å². The van der Waals surface area contributed by atoms with Gasteiger partial charge in [0.2, 0.25) is 0 Å². The van der Waals surface area contributed by atoms with E-state index >= 15 is 0 Å². The average Bonchev–Trinajstić information content (AvgIpc) is 4.10. The van der Waals surface area contributed by atoms with E-state index in [0.717, 1.165) is 27.8 Å². The van der Waals surface area contributed by atoms with Gasteiger partial charge in [-0.05, 0) is 98.1 Å². The Morgan fingerprint density at radius 1 is 0.385 bits per heavy atom. The lowest BCUT2D eigenvalue weighted by Gasteiger charge is -2.30. The van der Waals surface area contributed by atoms with Crippen LogP contribution in [-0.4, -0.2) is 9.55 Å². The molecule has 0 N–H and O–H groups in total. The fourth-order valence-electron chi connectivity index (χ4n) is 12.1. The molecule has 300 valence electrons. The second-order valence-electron chi connectivity index (χ2n) is 17.7. The highest BCUT2D eigenvalue weighted by Crippen LogP contribution is 2.64. The smallest absolute Gasteiger partial charge is 0.0789 e. The van der Waals surface area contributed by atoms with Gasteiger partial charge in [0, 0.05) is 58.4 Å². The number of aromatic nitrogens is 2. The second kappa shape index (κ2) is 13.0. The molecule has 15 rings (SSSR count).